The number of thioether (sulfide) groups is 1. The van der Waals surface area contributed by atoms with Crippen LogP contribution in [0.25, 0.3) is 0 Å². The Morgan fingerprint density at radius 3 is 2.51 bits per heavy atom. The van der Waals surface area contributed by atoms with Gasteiger partial charge in [-0.15, -0.1) is 21.5 Å². The highest BCUT2D eigenvalue weighted by Gasteiger charge is 2.55. The van der Waals surface area contributed by atoms with Gasteiger partial charge in [-0.2, -0.15) is 0 Å². The number of ether oxygens (including phenoxy) is 2. The number of thiazole rings is 1. The van der Waals surface area contributed by atoms with Gasteiger partial charge in [0, 0.05) is 5.38 Å². The molecule has 1 saturated heterocycles. The van der Waals surface area contributed by atoms with Crippen LogP contribution in [0.15, 0.2) is 105 Å². The van der Waals surface area contributed by atoms with Crippen molar-refractivity contribution in [3.05, 3.63) is 112 Å². The van der Waals surface area contributed by atoms with Crippen LogP contribution in [-0.2, 0) is 28.7 Å². The zero-order valence-electron chi connectivity index (χ0n) is 24.6. The molecule has 16 heteroatoms. The van der Waals surface area contributed by atoms with E-state index in [2.05, 4.69) is 32.2 Å². The maximum atomic E-state index is 14.1. The lowest BCUT2D eigenvalue weighted by Crippen LogP contribution is -2.73. The number of β-lactam (4-membered cyclic amide) rings is 1. The van der Waals surface area contributed by atoms with Gasteiger partial charge in [-0.3, -0.25) is 14.5 Å². The van der Waals surface area contributed by atoms with Crippen LogP contribution in [0.5, 0.6) is 0 Å². The van der Waals surface area contributed by atoms with Crippen molar-refractivity contribution in [2.75, 3.05) is 24.7 Å². The number of benzene rings is 2. The van der Waals surface area contributed by atoms with Gasteiger partial charge in [0.15, 0.2) is 27.0 Å². The van der Waals surface area contributed by atoms with E-state index < -0.39 is 36.0 Å². The van der Waals surface area contributed by atoms with E-state index in [9.17, 15) is 14.4 Å². The molecule has 0 saturated carbocycles. The number of carbonyl (C=O) groups excluding carboxylic acids is 3. The second-order valence-corrected chi connectivity index (χ2v) is 13.0. The molecule has 2 aliphatic heterocycles. The van der Waals surface area contributed by atoms with Gasteiger partial charge in [0.1, 0.15) is 42.3 Å². The smallest absolute Gasteiger partial charge is 0.359 e. The van der Waals surface area contributed by atoms with Crippen LogP contribution < -0.4 is 11.1 Å². The number of hydrogen-bond acceptors (Lipinski definition) is 14. The third-order valence-electron chi connectivity index (χ3n) is 7.06. The van der Waals surface area contributed by atoms with E-state index >= 15 is 0 Å². The summed E-state index contributed by atoms with van der Waals surface area (Å²) in [4.78, 5) is 51.8. The van der Waals surface area contributed by atoms with Gasteiger partial charge in [-0.05, 0) is 11.1 Å². The van der Waals surface area contributed by atoms with Crippen LogP contribution in [0, 0.1) is 0 Å². The largest absolute Gasteiger partial charge is 0.492 e. The summed E-state index contributed by atoms with van der Waals surface area (Å²) in [7, 11) is 0. The Bertz CT molecular complexity index is 1780. The first-order chi connectivity index (χ1) is 22.9. The molecule has 0 radical (unpaired) electrons. The second-order valence-electron chi connectivity index (χ2n) is 10.0. The number of rotatable bonds is 13. The number of aromatic nitrogens is 3. The molecule has 13 nitrogen and oxygen atoms in total. The molecule has 2 amide bonds. The molecule has 47 heavy (non-hydrogen) atoms. The minimum atomic E-state index is -1.03. The van der Waals surface area contributed by atoms with Crippen LogP contribution in [0.3, 0.4) is 0 Å². The molecular weight excluding hydrogens is 663 g/mol. The molecule has 0 bridgehead atoms. The van der Waals surface area contributed by atoms with Crippen molar-refractivity contribution >= 4 is 63.1 Å². The Kier molecular flexibility index (Phi) is 9.89. The Labute approximate surface area is 281 Å². The lowest BCUT2D eigenvalue weighted by Gasteiger charge is -2.49. The number of hydrogen-bond donors (Lipinski definition) is 2. The van der Waals surface area contributed by atoms with Crippen molar-refractivity contribution in [3.8, 4) is 0 Å². The summed E-state index contributed by atoms with van der Waals surface area (Å²) in [5, 5.41) is 16.3. The van der Waals surface area contributed by atoms with Crippen molar-refractivity contribution in [2.45, 2.75) is 22.5 Å². The van der Waals surface area contributed by atoms with Crippen LogP contribution in [0.4, 0.5) is 5.13 Å². The minimum absolute atomic E-state index is 0.0172. The van der Waals surface area contributed by atoms with Crippen molar-refractivity contribution in [3.63, 3.8) is 0 Å². The van der Waals surface area contributed by atoms with E-state index in [-0.39, 0.29) is 47.0 Å². The molecule has 4 heterocycles. The number of anilines is 1. The summed E-state index contributed by atoms with van der Waals surface area (Å²) < 4.78 is 12.9. The molecular formula is C31H27N7O6S3. The number of carbonyl (C=O) groups is 3. The summed E-state index contributed by atoms with van der Waals surface area (Å²) in [6.07, 6.45) is 0.705. The van der Waals surface area contributed by atoms with Gasteiger partial charge in [0.2, 0.25) is 0 Å². The highest BCUT2D eigenvalue weighted by Crippen LogP contribution is 2.37. The molecule has 2 aromatic carbocycles. The van der Waals surface area contributed by atoms with E-state index in [0.717, 1.165) is 22.5 Å². The Morgan fingerprint density at radius 2 is 1.89 bits per heavy atom. The van der Waals surface area contributed by atoms with E-state index in [4.69, 9.17) is 20.0 Å². The number of fused-ring (bicyclic) bond motifs is 1. The standard InChI is InChI=1S/C31H27N7O6S3/c1-2-13-43-37-23(20-15-45-30(32)34-20)27(39)35-24-21-14-42-22(16-46-31-36-33-17-47-31)25(38(21)28(24)40)29(41)44-26(18-9-5-3-6-10-18)19-11-7-4-8-12-19/h2-12,15,17,21,24,26H,1,13-14,16H2,(H2,32,34)(H,35,39)/b37-23-. The number of nitrogens with zero attached hydrogens (tertiary/aromatic N) is 5. The Hall–Kier alpha value is -5.06. The maximum absolute atomic E-state index is 14.1. The number of amides is 2. The van der Waals surface area contributed by atoms with Crippen molar-refractivity contribution in [1.29, 1.82) is 0 Å². The predicted octanol–water partition coefficient (Wildman–Crippen LogP) is 3.55. The maximum Gasteiger partial charge on any atom is 0.359 e. The molecule has 6 rings (SSSR count). The molecule has 0 spiro atoms. The first-order valence-electron chi connectivity index (χ1n) is 14.2. The van der Waals surface area contributed by atoms with Crippen LogP contribution >= 0.6 is 34.4 Å². The van der Waals surface area contributed by atoms with Crippen LogP contribution in [0.2, 0.25) is 0 Å². The van der Waals surface area contributed by atoms with Gasteiger partial charge in [-0.1, -0.05) is 102 Å². The molecule has 0 aliphatic carbocycles. The van der Waals surface area contributed by atoms with Gasteiger partial charge in [0.05, 0.1) is 5.75 Å². The third-order valence-corrected chi connectivity index (χ3v) is 9.59. The highest BCUT2D eigenvalue weighted by molar-refractivity contribution is 8.01. The molecule has 240 valence electrons. The molecule has 2 aromatic heterocycles. The number of oxime groups is 1. The zero-order valence-corrected chi connectivity index (χ0v) is 27.0. The molecule has 4 aromatic rings. The summed E-state index contributed by atoms with van der Waals surface area (Å²) >= 11 is 3.77. The van der Waals surface area contributed by atoms with E-state index in [1.54, 1.807) is 10.9 Å². The monoisotopic (exact) mass is 689 g/mol. The summed E-state index contributed by atoms with van der Waals surface area (Å²) in [6.45, 7) is 3.63. The number of nitrogen functional groups attached to an aromatic ring is 1. The van der Waals surface area contributed by atoms with Gasteiger partial charge < -0.3 is 25.4 Å². The van der Waals surface area contributed by atoms with Crippen molar-refractivity contribution in [2.24, 2.45) is 5.16 Å². The number of nitrogens with one attached hydrogen (secondary N) is 1. The van der Waals surface area contributed by atoms with E-state index in [1.165, 1.54) is 34.1 Å². The minimum Gasteiger partial charge on any atom is -0.492 e. The van der Waals surface area contributed by atoms with Crippen LogP contribution in [0.1, 0.15) is 22.9 Å². The SMILES string of the molecule is C=CCO/N=C(\C(=O)NC1C(=O)N2C(C(=O)OC(c3ccccc3)c3ccccc3)=C(CSc3nncs3)OCC12)c1csc(N)n1. The van der Waals surface area contributed by atoms with E-state index in [1.807, 2.05) is 60.7 Å². The predicted molar refractivity (Wildman–Crippen MR) is 176 cm³/mol. The van der Waals surface area contributed by atoms with Gasteiger partial charge >= 0.3 is 5.97 Å². The zero-order chi connectivity index (χ0) is 32.8. The van der Waals surface area contributed by atoms with Crippen LogP contribution in [-0.4, -0.2) is 74.6 Å². The average molecular weight is 690 g/mol. The first kappa shape index (κ1) is 31.9. The number of nitrogens with two attached hydrogens (primary N) is 1. The fourth-order valence-corrected chi connectivity index (χ4v) is 6.91. The lowest BCUT2D eigenvalue weighted by atomic mass is 9.92. The normalized spacial score (nSPS) is 17.4. The van der Waals surface area contributed by atoms with Crippen molar-refractivity contribution in [1.82, 2.24) is 25.4 Å². The fraction of sp³-hybridized carbons (Fsp3) is 0.194. The fourth-order valence-electron chi connectivity index (χ4n) is 4.93. The molecule has 1 fully saturated rings. The summed E-state index contributed by atoms with van der Waals surface area (Å²) in [6, 6.07) is 16.9. The molecule has 2 aliphatic rings. The lowest BCUT2D eigenvalue weighted by molar-refractivity contribution is -0.163. The van der Waals surface area contributed by atoms with Gasteiger partial charge in [0.25, 0.3) is 11.8 Å². The second kappa shape index (κ2) is 14.6. The van der Waals surface area contributed by atoms with Crippen molar-refractivity contribution < 1.29 is 28.7 Å². The summed E-state index contributed by atoms with van der Waals surface area (Å²) in [5.74, 6) is -1.54. The third kappa shape index (κ3) is 7.03. The average Bonchev–Trinajstić information content (AvgIpc) is 3.79. The topological polar surface area (TPSA) is 171 Å². The summed E-state index contributed by atoms with van der Waals surface area (Å²) in [5.41, 5.74) is 8.84. The Morgan fingerprint density at radius 1 is 1.17 bits per heavy atom. The molecule has 2 unspecified atom stereocenters. The highest BCUT2D eigenvalue weighted by atomic mass is 32.2. The van der Waals surface area contributed by atoms with Gasteiger partial charge in [-0.25, -0.2) is 9.78 Å². The number of esters is 1. The molecule has 3 N–H and O–H groups in total. The quantitative estimate of drug-likeness (QED) is 0.0400. The van der Waals surface area contributed by atoms with E-state index in [0.29, 0.717) is 4.34 Å². The molecule has 2 atom stereocenters. The first-order valence-corrected chi connectivity index (χ1v) is 16.9. The Balaban J connectivity index is 1.27.